The average molecular weight is 380 g/mol. The molecule has 0 spiro atoms. The summed E-state index contributed by atoms with van der Waals surface area (Å²) in [5.41, 5.74) is 2.62. The first kappa shape index (κ1) is 14.5. The molecule has 1 aliphatic rings. The van der Waals surface area contributed by atoms with Crippen molar-refractivity contribution in [1.29, 1.82) is 0 Å². The number of alkyl halides is 1. The predicted molar refractivity (Wildman–Crippen MR) is 80.2 cm³/mol. The molecule has 1 aromatic rings. The molecule has 1 aromatic heterocycles. The first-order chi connectivity index (χ1) is 8.54. The smallest absolute Gasteiger partial charge is 0.0766 e. The Balaban J connectivity index is 2.30. The van der Waals surface area contributed by atoms with Crippen molar-refractivity contribution in [3.05, 3.63) is 15.9 Å². The molecule has 0 aromatic carbocycles. The van der Waals surface area contributed by atoms with Gasteiger partial charge in [-0.2, -0.15) is 5.10 Å². The Labute approximate surface area is 126 Å². The largest absolute Gasteiger partial charge is 0.378 e. The highest BCUT2D eigenvalue weighted by atomic mass is 79.9. The molecule has 18 heavy (non-hydrogen) atoms. The third-order valence-corrected chi connectivity index (χ3v) is 6.15. The highest BCUT2D eigenvalue weighted by Crippen LogP contribution is 2.41. The zero-order valence-electron chi connectivity index (χ0n) is 11.2. The van der Waals surface area contributed by atoms with E-state index < -0.39 is 0 Å². The molecule has 1 fully saturated rings. The summed E-state index contributed by atoms with van der Waals surface area (Å²) in [6.07, 6.45) is 3.37. The lowest BCUT2D eigenvalue weighted by Crippen LogP contribution is -2.33. The van der Waals surface area contributed by atoms with Crippen LogP contribution in [0, 0.1) is 5.41 Å². The van der Waals surface area contributed by atoms with E-state index in [9.17, 15) is 0 Å². The Bertz CT molecular complexity index is 433. The van der Waals surface area contributed by atoms with Gasteiger partial charge in [-0.1, -0.05) is 22.9 Å². The molecular formula is C13H20Br2N2O. The van der Waals surface area contributed by atoms with Gasteiger partial charge in [-0.3, -0.25) is 4.68 Å². The Kier molecular flexibility index (Phi) is 4.55. The SMILES string of the molecule is CCc1nn(C)c(CC2(CBr)CCOC2C)c1Br. The molecule has 0 saturated carbocycles. The van der Waals surface area contributed by atoms with Crippen molar-refractivity contribution in [1.82, 2.24) is 9.78 Å². The van der Waals surface area contributed by atoms with E-state index in [1.165, 1.54) is 10.2 Å². The number of hydrogen-bond acceptors (Lipinski definition) is 2. The molecule has 0 bridgehead atoms. The summed E-state index contributed by atoms with van der Waals surface area (Å²) in [5.74, 6) is 0. The van der Waals surface area contributed by atoms with Gasteiger partial charge in [0.2, 0.25) is 0 Å². The summed E-state index contributed by atoms with van der Waals surface area (Å²) in [6.45, 7) is 5.18. The van der Waals surface area contributed by atoms with E-state index >= 15 is 0 Å². The topological polar surface area (TPSA) is 27.1 Å². The van der Waals surface area contributed by atoms with Crippen molar-refractivity contribution >= 4 is 31.9 Å². The van der Waals surface area contributed by atoms with Crippen molar-refractivity contribution in [2.24, 2.45) is 12.5 Å². The standard InChI is InChI=1S/C13H20Br2N2O/c1-4-10-12(15)11(17(3)16-10)7-13(8-14)5-6-18-9(13)2/h9H,4-8H2,1-3H3. The van der Waals surface area contributed by atoms with Crippen LogP contribution in [0.15, 0.2) is 4.47 Å². The average Bonchev–Trinajstić information content (AvgIpc) is 2.85. The minimum absolute atomic E-state index is 0.196. The third-order valence-electron chi connectivity index (χ3n) is 4.12. The van der Waals surface area contributed by atoms with E-state index in [-0.39, 0.29) is 5.41 Å². The first-order valence-electron chi connectivity index (χ1n) is 6.42. The molecule has 5 heteroatoms. The van der Waals surface area contributed by atoms with E-state index in [4.69, 9.17) is 4.74 Å². The van der Waals surface area contributed by atoms with Gasteiger partial charge in [-0.05, 0) is 42.1 Å². The number of aromatic nitrogens is 2. The summed E-state index contributed by atoms with van der Waals surface area (Å²) in [4.78, 5) is 0. The van der Waals surface area contributed by atoms with Gasteiger partial charge in [0.25, 0.3) is 0 Å². The molecule has 1 saturated heterocycles. The molecule has 1 aliphatic heterocycles. The maximum Gasteiger partial charge on any atom is 0.0766 e. The second-order valence-corrected chi connectivity index (χ2v) is 6.47. The van der Waals surface area contributed by atoms with Crippen LogP contribution >= 0.6 is 31.9 Å². The Hall–Kier alpha value is 0.130. The van der Waals surface area contributed by atoms with Crippen LogP contribution < -0.4 is 0 Å². The molecule has 2 atom stereocenters. The maximum absolute atomic E-state index is 5.77. The lowest BCUT2D eigenvalue weighted by molar-refractivity contribution is 0.0737. The first-order valence-corrected chi connectivity index (χ1v) is 8.33. The highest BCUT2D eigenvalue weighted by molar-refractivity contribution is 9.10. The summed E-state index contributed by atoms with van der Waals surface area (Å²) >= 11 is 7.38. The van der Waals surface area contributed by atoms with Gasteiger partial charge in [0.05, 0.1) is 22.0 Å². The summed E-state index contributed by atoms with van der Waals surface area (Å²) < 4.78 is 8.96. The Morgan fingerprint density at radius 2 is 2.28 bits per heavy atom. The fourth-order valence-corrected chi connectivity index (χ4v) is 4.31. The normalized spacial score (nSPS) is 27.9. The monoisotopic (exact) mass is 378 g/mol. The number of rotatable bonds is 4. The molecule has 0 N–H and O–H groups in total. The van der Waals surface area contributed by atoms with Crippen molar-refractivity contribution in [3.63, 3.8) is 0 Å². The van der Waals surface area contributed by atoms with Gasteiger partial charge in [-0.25, -0.2) is 0 Å². The molecule has 0 amide bonds. The molecule has 0 radical (unpaired) electrons. The molecule has 3 nitrogen and oxygen atoms in total. The second kappa shape index (κ2) is 5.63. The van der Waals surface area contributed by atoms with Crippen LogP contribution in [0.5, 0.6) is 0 Å². The van der Waals surface area contributed by atoms with Gasteiger partial charge in [-0.15, -0.1) is 0 Å². The number of ether oxygens (including phenoxy) is 1. The van der Waals surface area contributed by atoms with E-state index in [0.717, 1.165) is 36.9 Å². The van der Waals surface area contributed by atoms with E-state index in [1.807, 2.05) is 11.7 Å². The number of halogens is 2. The Morgan fingerprint density at radius 1 is 1.56 bits per heavy atom. The van der Waals surface area contributed by atoms with Gasteiger partial charge >= 0.3 is 0 Å². The van der Waals surface area contributed by atoms with Crippen LogP contribution in [0.1, 0.15) is 31.7 Å². The molecule has 2 rings (SSSR count). The van der Waals surface area contributed by atoms with Crippen molar-refractivity contribution in [2.45, 2.75) is 39.2 Å². The molecule has 2 heterocycles. The van der Waals surface area contributed by atoms with Crippen molar-refractivity contribution in [2.75, 3.05) is 11.9 Å². The summed E-state index contributed by atoms with van der Waals surface area (Å²) in [5, 5.41) is 5.55. The van der Waals surface area contributed by atoms with Crippen LogP contribution in [0.25, 0.3) is 0 Å². The van der Waals surface area contributed by atoms with Crippen molar-refractivity contribution < 1.29 is 4.74 Å². The molecule has 0 aliphatic carbocycles. The van der Waals surface area contributed by atoms with Crippen LogP contribution in [0.4, 0.5) is 0 Å². The quantitative estimate of drug-likeness (QED) is 0.749. The summed E-state index contributed by atoms with van der Waals surface area (Å²) in [7, 11) is 2.03. The molecule has 2 unspecified atom stereocenters. The Morgan fingerprint density at radius 3 is 2.72 bits per heavy atom. The van der Waals surface area contributed by atoms with Crippen LogP contribution in [0.2, 0.25) is 0 Å². The zero-order valence-corrected chi connectivity index (χ0v) is 14.3. The van der Waals surface area contributed by atoms with Gasteiger partial charge in [0, 0.05) is 24.4 Å². The van der Waals surface area contributed by atoms with Crippen LogP contribution in [0.3, 0.4) is 0 Å². The predicted octanol–water partition coefficient (Wildman–Crippen LogP) is 3.48. The second-order valence-electron chi connectivity index (χ2n) is 5.12. The third kappa shape index (κ3) is 2.41. The van der Waals surface area contributed by atoms with Crippen LogP contribution in [-0.2, 0) is 24.6 Å². The zero-order chi connectivity index (χ0) is 13.3. The van der Waals surface area contributed by atoms with Crippen LogP contribution in [-0.4, -0.2) is 27.8 Å². The minimum atomic E-state index is 0.196. The number of hydrogen-bond donors (Lipinski definition) is 0. The van der Waals surface area contributed by atoms with E-state index in [2.05, 4.69) is 50.8 Å². The number of nitrogens with zero attached hydrogens (tertiary/aromatic N) is 2. The van der Waals surface area contributed by atoms with E-state index in [1.54, 1.807) is 0 Å². The fourth-order valence-electron chi connectivity index (χ4n) is 2.62. The molecule has 102 valence electrons. The van der Waals surface area contributed by atoms with E-state index in [0.29, 0.717) is 6.10 Å². The lowest BCUT2D eigenvalue weighted by atomic mass is 9.79. The maximum atomic E-state index is 5.77. The van der Waals surface area contributed by atoms with Gasteiger partial charge in [0.1, 0.15) is 0 Å². The lowest BCUT2D eigenvalue weighted by Gasteiger charge is -2.30. The van der Waals surface area contributed by atoms with Gasteiger partial charge < -0.3 is 4.74 Å². The highest BCUT2D eigenvalue weighted by Gasteiger charge is 2.41. The minimum Gasteiger partial charge on any atom is -0.378 e. The van der Waals surface area contributed by atoms with Gasteiger partial charge in [0.15, 0.2) is 0 Å². The molecular weight excluding hydrogens is 360 g/mol. The fraction of sp³-hybridized carbons (Fsp3) is 0.769. The summed E-state index contributed by atoms with van der Waals surface area (Å²) in [6, 6.07) is 0. The number of aryl methyl sites for hydroxylation is 2. The van der Waals surface area contributed by atoms with Crippen molar-refractivity contribution in [3.8, 4) is 0 Å².